The first-order chi connectivity index (χ1) is 14.0. The molecule has 4 rings (SSSR count). The largest absolute Gasteiger partial charge is 0.497 e. The van der Waals surface area contributed by atoms with Crippen LogP contribution >= 0.6 is 22.9 Å². The Balaban J connectivity index is 1.83. The number of nitrogens with two attached hydrogens (primary N) is 1. The van der Waals surface area contributed by atoms with Crippen LogP contribution < -0.4 is 15.8 Å². The van der Waals surface area contributed by atoms with Gasteiger partial charge in [0.25, 0.3) is 0 Å². The van der Waals surface area contributed by atoms with Gasteiger partial charge in [-0.1, -0.05) is 12.1 Å². The van der Waals surface area contributed by atoms with Gasteiger partial charge in [-0.2, -0.15) is 4.98 Å². The van der Waals surface area contributed by atoms with Crippen molar-refractivity contribution in [3.05, 3.63) is 58.6 Å². The Kier molecular flexibility index (Phi) is 5.71. The molecule has 0 radical (unpaired) electrons. The molecular weight excluding hydrogens is 408 g/mol. The number of benzene rings is 1. The average molecular weight is 429 g/mol. The standard InChI is InChI=1S/C21H21ClN4O2S/c1-12(23)10-16-17(13-5-7-14(27-2)8-6-13)18-19(29-16)20(26-21(22)25-18)24-11-15-4-3-9-28-15/h3-9,12H,10-11,23H2,1-2H3,(H,24,25,26). The molecular formula is C21H21ClN4O2S. The van der Waals surface area contributed by atoms with Crippen molar-refractivity contribution in [2.75, 3.05) is 12.4 Å². The van der Waals surface area contributed by atoms with Crippen LogP contribution in [0.3, 0.4) is 0 Å². The van der Waals surface area contributed by atoms with Crippen molar-refractivity contribution >= 4 is 39.0 Å². The molecule has 0 saturated heterocycles. The van der Waals surface area contributed by atoms with Gasteiger partial charge < -0.3 is 20.2 Å². The number of methoxy groups -OCH3 is 1. The number of hydrogen-bond acceptors (Lipinski definition) is 7. The fourth-order valence-electron chi connectivity index (χ4n) is 3.19. The summed E-state index contributed by atoms with van der Waals surface area (Å²) in [7, 11) is 1.65. The summed E-state index contributed by atoms with van der Waals surface area (Å²) in [6.07, 6.45) is 2.38. The van der Waals surface area contributed by atoms with Gasteiger partial charge in [0.2, 0.25) is 5.28 Å². The summed E-state index contributed by atoms with van der Waals surface area (Å²) in [5, 5.41) is 3.52. The number of furan rings is 1. The number of halogens is 1. The Morgan fingerprint density at radius 2 is 2.03 bits per heavy atom. The van der Waals surface area contributed by atoms with E-state index in [1.807, 2.05) is 43.3 Å². The molecule has 1 aromatic carbocycles. The SMILES string of the molecule is COc1ccc(-c2c(CC(C)N)sc3c(NCc4ccco4)nc(Cl)nc23)cc1. The maximum absolute atomic E-state index is 6.28. The Morgan fingerprint density at radius 3 is 2.69 bits per heavy atom. The zero-order valence-electron chi connectivity index (χ0n) is 16.1. The highest BCUT2D eigenvalue weighted by Crippen LogP contribution is 2.42. The first-order valence-corrected chi connectivity index (χ1v) is 10.4. The van der Waals surface area contributed by atoms with Gasteiger partial charge in [-0.15, -0.1) is 11.3 Å². The lowest BCUT2D eigenvalue weighted by molar-refractivity contribution is 0.415. The van der Waals surface area contributed by atoms with Crippen molar-refractivity contribution in [2.24, 2.45) is 5.73 Å². The van der Waals surface area contributed by atoms with Gasteiger partial charge in [0.05, 0.1) is 30.1 Å². The first kappa shape index (κ1) is 19.7. The molecule has 0 aliphatic carbocycles. The third kappa shape index (κ3) is 4.22. The van der Waals surface area contributed by atoms with Gasteiger partial charge in [-0.25, -0.2) is 4.98 Å². The van der Waals surface area contributed by atoms with Crippen molar-refractivity contribution < 1.29 is 9.15 Å². The van der Waals surface area contributed by atoms with E-state index < -0.39 is 0 Å². The van der Waals surface area contributed by atoms with Gasteiger partial charge in [-0.05, 0) is 54.8 Å². The lowest BCUT2D eigenvalue weighted by Crippen LogP contribution is -2.17. The maximum Gasteiger partial charge on any atom is 0.224 e. The van der Waals surface area contributed by atoms with Crippen LogP contribution in [0.1, 0.15) is 17.6 Å². The quantitative estimate of drug-likeness (QED) is 0.397. The minimum atomic E-state index is 0.0167. The second-order valence-corrected chi connectivity index (χ2v) is 8.21. The molecule has 6 nitrogen and oxygen atoms in total. The van der Waals surface area contributed by atoms with Crippen molar-refractivity contribution in [3.8, 4) is 16.9 Å². The topological polar surface area (TPSA) is 86.2 Å². The van der Waals surface area contributed by atoms with Crippen molar-refractivity contribution in [1.82, 2.24) is 9.97 Å². The van der Waals surface area contributed by atoms with E-state index in [1.165, 1.54) is 0 Å². The van der Waals surface area contributed by atoms with Gasteiger partial charge in [0.15, 0.2) is 0 Å². The van der Waals surface area contributed by atoms with Crippen LogP contribution in [0.2, 0.25) is 5.28 Å². The number of nitrogens with zero attached hydrogens (tertiary/aromatic N) is 2. The van der Waals surface area contributed by atoms with Crippen molar-refractivity contribution in [1.29, 1.82) is 0 Å². The number of nitrogens with one attached hydrogen (secondary N) is 1. The Hall–Kier alpha value is -2.61. The monoisotopic (exact) mass is 428 g/mol. The minimum Gasteiger partial charge on any atom is -0.497 e. The first-order valence-electron chi connectivity index (χ1n) is 9.20. The second kappa shape index (κ2) is 8.41. The third-order valence-corrected chi connectivity index (χ3v) is 5.85. The summed E-state index contributed by atoms with van der Waals surface area (Å²) < 4.78 is 11.6. The van der Waals surface area contributed by atoms with E-state index in [1.54, 1.807) is 24.7 Å². The fraction of sp³-hybridized carbons (Fsp3) is 0.238. The molecule has 0 aliphatic rings. The zero-order valence-corrected chi connectivity index (χ0v) is 17.7. The van der Waals surface area contributed by atoms with E-state index in [9.17, 15) is 0 Å². The lowest BCUT2D eigenvalue weighted by atomic mass is 10.0. The summed E-state index contributed by atoms with van der Waals surface area (Å²) in [5.74, 6) is 2.30. The minimum absolute atomic E-state index is 0.0167. The molecule has 0 amide bonds. The average Bonchev–Trinajstić information content (AvgIpc) is 3.33. The summed E-state index contributed by atoms with van der Waals surface area (Å²) in [4.78, 5) is 10.1. The molecule has 29 heavy (non-hydrogen) atoms. The molecule has 8 heteroatoms. The van der Waals surface area contributed by atoms with Crippen LogP contribution in [0.5, 0.6) is 5.75 Å². The normalized spacial score (nSPS) is 12.3. The molecule has 0 aliphatic heterocycles. The zero-order chi connectivity index (χ0) is 20.4. The van der Waals surface area contributed by atoms with Crippen LogP contribution in [0.25, 0.3) is 21.3 Å². The molecule has 3 aromatic heterocycles. The molecule has 1 unspecified atom stereocenters. The lowest BCUT2D eigenvalue weighted by Gasteiger charge is -2.08. The molecule has 3 N–H and O–H groups in total. The fourth-order valence-corrected chi connectivity index (χ4v) is 4.73. The number of fused-ring (bicyclic) bond motifs is 1. The van der Waals surface area contributed by atoms with Crippen LogP contribution in [-0.4, -0.2) is 23.1 Å². The number of anilines is 1. The number of aromatic nitrogens is 2. The van der Waals surface area contributed by atoms with Crippen LogP contribution in [0.4, 0.5) is 5.82 Å². The van der Waals surface area contributed by atoms with E-state index >= 15 is 0 Å². The number of rotatable bonds is 7. The molecule has 150 valence electrons. The second-order valence-electron chi connectivity index (χ2n) is 6.76. The van der Waals surface area contributed by atoms with Gasteiger partial charge in [0, 0.05) is 16.5 Å². The third-order valence-electron chi connectivity index (χ3n) is 4.48. The molecule has 0 fully saturated rings. The highest BCUT2D eigenvalue weighted by molar-refractivity contribution is 7.20. The van der Waals surface area contributed by atoms with E-state index in [2.05, 4.69) is 15.3 Å². The predicted octanol–water partition coefficient (Wildman–Crippen LogP) is 5.12. The van der Waals surface area contributed by atoms with Gasteiger partial charge in [0.1, 0.15) is 17.3 Å². The van der Waals surface area contributed by atoms with E-state index in [4.69, 9.17) is 26.5 Å². The summed E-state index contributed by atoms with van der Waals surface area (Å²) in [6.45, 7) is 2.50. The Morgan fingerprint density at radius 1 is 1.24 bits per heavy atom. The van der Waals surface area contributed by atoms with E-state index in [0.717, 1.165) is 44.2 Å². The Labute approximate surface area is 177 Å². The predicted molar refractivity (Wildman–Crippen MR) is 118 cm³/mol. The van der Waals surface area contributed by atoms with Crippen LogP contribution in [-0.2, 0) is 13.0 Å². The summed E-state index contributed by atoms with van der Waals surface area (Å²) >= 11 is 7.92. The van der Waals surface area contributed by atoms with Gasteiger partial charge >= 0.3 is 0 Å². The molecule has 3 heterocycles. The maximum atomic E-state index is 6.28. The Bertz CT molecular complexity index is 1110. The highest BCUT2D eigenvalue weighted by atomic mass is 35.5. The van der Waals surface area contributed by atoms with Crippen LogP contribution in [0, 0.1) is 0 Å². The van der Waals surface area contributed by atoms with Crippen molar-refractivity contribution in [2.45, 2.75) is 25.9 Å². The van der Waals surface area contributed by atoms with Gasteiger partial charge in [-0.3, -0.25) is 0 Å². The summed E-state index contributed by atoms with van der Waals surface area (Å²) in [5.41, 5.74) is 9.02. The highest BCUT2D eigenvalue weighted by Gasteiger charge is 2.20. The smallest absolute Gasteiger partial charge is 0.224 e. The molecule has 0 saturated carbocycles. The molecule has 4 aromatic rings. The molecule has 1 atom stereocenters. The number of hydrogen-bond donors (Lipinski definition) is 2. The number of ether oxygens (including phenoxy) is 1. The number of thiophene rings is 1. The van der Waals surface area contributed by atoms with Crippen molar-refractivity contribution in [3.63, 3.8) is 0 Å². The van der Waals surface area contributed by atoms with E-state index in [0.29, 0.717) is 12.4 Å². The summed E-state index contributed by atoms with van der Waals surface area (Å²) in [6, 6.07) is 11.7. The molecule has 0 bridgehead atoms. The van der Waals surface area contributed by atoms with E-state index in [-0.39, 0.29) is 11.3 Å². The van der Waals surface area contributed by atoms with Crippen LogP contribution in [0.15, 0.2) is 47.1 Å². The molecule has 0 spiro atoms.